The molecule has 2 unspecified atom stereocenters. The van der Waals surface area contributed by atoms with Gasteiger partial charge in [0.25, 0.3) is 0 Å². The van der Waals surface area contributed by atoms with E-state index in [1.807, 2.05) is 6.92 Å². The Morgan fingerprint density at radius 1 is 0.682 bits per heavy atom. The van der Waals surface area contributed by atoms with Crippen LogP contribution in [0.25, 0.3) is 0 Å². The first-order chi connectivity index (χ1) is 18.5. The van der Waals surface area contributed by atoms with Crippen molar-refractivity contribution in [3.8, 4) is 0 Å². The van der Waals surface area contributed by atoms with Crippen molar-refractivity contribution in [3.63, 3.8) is 0 Å². The number of rotatable bonds is 6. The monoisotopic (exact) mass is 648 g/mol. The summed E-state index contributed by atoms with van der Waals surface area (Å²) >= 11 is 0. The van der Waals surface area contributed by atoms with Gasteiger partial charge in [-0.3, -0.25) is 8.98 Å². The van der Waals surface area contributed by atoms with E-state index in [1.165, 1.54) is 5.57 Å². The molecule has 1 fully saturated rings. The van der Waals surface area contributed by atoms with E-state index in [0.717, 1.165) is 12.0 Å². The van der Waals surface area contributed by atoms with Crippen LogP contribution in [0.15, 0.2) is 11.1 Å². The Kier molecular flexibility index (Phi) is 10.3. The van der Waals surface area contributed by atoms with Crippen molar-refractivity contribution in [1.82, 2.24) is 0 Å². The zero-order chi connectivity index (χ0) is 34.9. The summed E-state index contributed by atoms with van der Waals surface area (Å²) in [6.45, 7) is 44.2. The van der Waals surface area contributed by atoms with Crippen molar-refractivity contribution in [3.05, 3.63) is 11.1 Å². The van der Waals surface area contributed by atoms with Crippen LogP contribution in [-0.4, -0.2) is 30.1 Å². The fraction of sp³-hybridized carbons (Fsp3) is 0.917. The molecule has 0 saturated heterocycles. The molecule has 2 atom stereocenters. The molecule has 0 amide bonds. The van der Waals surface area contributed by atoms with Gasteiger partial charge in [0.1, 0.15) is 5.60 Å². The number of hydrogen-bond acceptors (Lipinski definition) is 6. The molecule has 0 aliphatic heterocycles. The largest absolute Gasteiger partial charge is 1.00 e. The minimum atomic E-state index is -5.00. The smallest absolute Gasteiger partial charge is 0.726 e. The first-order valence-corrected chi connectivity index (χ1v) is 17.4. The Hall–Kier alpha value is 0.0800. The summed E-state index contributed by atoms with van der Waals surface area (Å²) in [6, 6.07) is 0. The van der Waals surface area contributed by atoms with Crippen molar-refractivity contribution in [2.24, 2.45) is 48.7 Å². The van der Waals surface area contributed by atoms with Gasteiger partial charge in [-0.2, -0.15) is 0 Å². The fourth-order valence-electron chi connectivity index (χ4n) is 10.5. The average molecular weight is 649 g/mol. The predicted octanol–water partition coefficient (Wildman–Crippen LogP) is 6.50. The molecule has 44 heavy (non-hydrogen) atoms. The Morgan fingerprint density at radius 3 is 1.36 bits per heavy atom. The summed E-state index contributed by atoms with van der Waals surface area (Å²) in [7, 11) is -5.00. The molecule has 0 spiro atoms. The second-order valence-electron chi connectivity index (χ2n) is 18.4. The third kappa shape index (κ3) is 4.47. The first kappa shape index (κ1) is 42.1. The molecule has 1 saturated carbocycles. The molecular weight excluding hydrogens is 583 g/mol. The maximum absolute atomic E-state index is 15.1. The van der Waals surface area contributed by atoms with E-state index in [2.05, 4.69) is 125 Å². The predicted molar refractivity (Wildman–Crippen MR) is 175 cm³/mol. The molecule has 8 heteroatoms. The Bertz CT molecular complexity index is 1290. The van der Waals surface area contributed by atoms with Gasteiger partial charge >= 0.3 is 35.5 Å². The van der Waals surface area contributed by atoms with Crippen LogP contribution in [0.3, 0.4) is 0 Å². The van der Waals surface area contributed by atoms with Crippen LogP contribution >= 0.6 is 0 Å². The second kappa shape index (κ2) is 10.8. The van der Waals surface area contributed by atoms with Crippen molar-refractivity contribution in [2.45, 2.75) is 163 Å². The zero-order valence-electron chi connectivity index (χ0n) is 32.6. The molecule has 0 aromatic rings. The van der Waals surface area contributed by atoms with Gasteiger partial charge in [0.2, 0.25) is 10.4 Å². The van der Waals surface area contributed by atoms with Crippen LogP contribution in [0.4, 0.5) is 0 Å². The SMILES string of the molecule is CCC1(C)C(C)=C(C)C(C)(C(=O)OC2(C)C(C)(C)C(C)(C)C(C)(C(C)(C)OS(=O)(=O)[O-])C(C)(C)C2(C)C)C(C)(C)C1(C)C.[Na+]. The zero-order valence-corrected chi connectivity index (χ0v) is 35.4. The number of esters is 1. The molecule has 2 aliphatic rings. The van der Waals surface area contributed by atoms with E-state index in [1.54, 1.807) is 13.8 Å². The van der Waals surface area contributed by atoms with Crippen molar-refractivity contribution in [1.29, 1.82) is 0 Å². The van der Waals surface area contributed by atoms with Gasteiger partial charge in [-0.15, -0.1) is 0 Å². The summed E-state index contributed by atoms with van der Waals surface area (Å²) in [5, 5.41) is 0. The van der Waals surface area contributed by atoms with E-state index < -0.39 is 59.5 Å². The number of hydrogen-bond donors (Lipinski definition) is 0. The minimum Gasteiger partial charge on any atom is -0.726 e. The van der Waals surface area contributed by atoms with Crippen LogP contribution in [0.2, 0.25) is 0 Å². The Balaban J connectivity index is 0.00000968. The third-order valence-corrected chi connectivity index (χ3v) is 17.9. The van der Waals surface area contributed by atoms with E-state index in [4.69, 9.17) is 8.92 Å². The van der Waals surface area contributed by atoms with E-state index in [9.17, 15) is 13.0 Å². The molecule has 6 nitrogen and oxygen atoms in total. The van der Waals surface area contributed by atoms with Gasteiger partial charge in [-0.25, -0.2) is 8.42 Å². The van der Waals surface area contributed by atoms with E-state index in [0.29, 0.717) is 0 Å². The first-order valence-electron chi connectivity index (χ1n) is 16.0. The second-order valence-corrected chi connectivity index (χ2v) is 19.3. The van der Waals surface area contributed by atoms with Crippen LogP contribution in [0.1, 0.15) is 152 Å². The maximum atomic E-state index is 15.1. The number of carbonyl (C=O) groups excluding carboxylic acids is 1. The average Bonchev–Trinajstić information content (AvgIpc) is 2.81. The molecule has 0 bridgehead atoms. The van der Waals surface area contributed by atoms with Gasteiger partial charge in [0.05, 0.1) is 11.0 Å². The van der Waals surface area contributed by atoms with Gasteiger partial charge in [-0.1, -0.05) is 115 Å². The summed E-state index contributed by atoms with van der Waals surface area (Å²) < 4.78 is 48.6. The number of ether oxygens (including phenoxy) is 1. The number of allylic oxidation sites excluding steroid dienone is 1. The van der Waals surface area contributed by atoms with Gasteiger partial charge in [0, 0.05) is 16.2 Å². The Labute approximate surface area is 293 Å². The standard InChI is InChI=1S/C36H66O6S.Na/c1-22-33(18)23(2)24(3)34(19,27(6,7)26(33,4)5)25(37)41-36(21)30(12,13)28(8,9)35(20,29(10,11)31(36,14)15)32(16,17)42-43(38,39)40;/h22H2,1-21H3,(H,38,39,40);/q;+1/p-1. The molecule has 2 aliphatic carbocycles. The quantitative estimate of drug-likeness (QED) is 0.107. The Morgan fingerprint density at radius 2 is 1.05 bits per heavy atom. The van der Waals surface area contributed by atoms with E-state index in [-0.39, 0.29) is 46.4 Å². The topological polar surface area (TPSA) is 92.7 Å². The molecule has 0 radical (unpaired) electrons. The van der Waals surface area contributed by atoms with Crippen LogP contribution in [0.5, 0.6) is 0 Å². The molecule has 0 aromatic carbocycles. The summed E-state index contributed by atoms with van der Waals surface area (Å²) in [5.74, 6) is -0.239. The van der Waals surface area contributed by atoms with Crippen LogP contribution in [0, 0.1) is 48.7 Å². The molecule has 252 valence electrons. The summed E-state index contributed by atoms with van der Waals surface area (Å²) in [4.78, 5) is 15.1. The molecular formula is C36H65NaO6S. The van der Waals surface area contributed by atoms with Gasteiger partial charge in [-0.05, 0) is 75.0 Å². The van der Waals surface area contributed by atoms with Crippen molar-refractivity contribution < 1.29 is 56.2 Å². The molecule has 0 heterocycles. The fourth-order valence-corrected chi connectivity index (χ4v) is 11.2. The minimum absolute atomic E-state index is 0. The van der Waals surface area contributed by atoms with Gasteiger partial charge in [0.15, 0.2) is 0 Å². The van der Waals surface area contributed by atoms with Crippen molar-refractivity contribution in [2.75, 3.05) is 0 Å². The molecule has 0 N–H and O–H groups in total. The summed E-state index contributed by atoms with van der Waals surface area (Å²) in [5.41, 5.74) is -5.47. The van der Waals surface area contributed by atoms with Crippen LogP contribution in [-0.2, 0) is 24.1 Å². The normalized spacial score (nSPS) is 37.1. The van der Waals surface area contributed by atoms with Crippen molar-refractivity contribution >= 4 is 16.4 Å². The molecule has 2 rings (SSSR count). The third-order valence-electron chi connectivity index (χ3n) is 17.3. The maximum Gasteiger partial charge on any atom is 1.00 e. The van der Waals surface area contributed by atoms with Gasteiger partial charge < -0.3 is 9.29 Å². The van der Waals surface area contributed by atoms with Crippen LogP contribution < -0.4 is 29.6 Å². The summed E-state index contributed by atoms with van der Waals surface area (Å²) in [6.07, 6.45) is 0.966. The number of carbonyl (C=O) groups is 1. The molecule has 0 aromatic heterocycles. The van der Waals surface area contributed by atoms with E-state index >= 15 is 4.79 Å².